The number of oxime groups is 1. The van der Waals surface area contributed by atoms with Crippen LogP contribution in [0.1, 0.15) is 18.1 Å². The predicted octanol–water partition coefficient (Wildman–Crippen LogP) is 2.25. The molecule has 0 amide bonds. The van der Waals surface area contributed by atoms with Crippen molar-refractivity contribution in [3.63, 3.8) is 0 Å². The van der Waals surface area contributed by atoms with E-state index in [2.05, 4.69) is 10.3 Å². The third kappa shape index (κ3) is 3.75. The van der Waals surface area contributed by atoms with E-state index in [9.17, 15) is 0 Å². The lowest BCUT2D eigenvalue weighted by atomic mass is 10.1. The fraction of sp³-hybridized carbons (Fsp3) is 0.333. The van der Waals surface area contributed by atoms with Crippen molar-refractivity contribution in [3.8, 4) is 11.5 Å². The monoisotopic (exact) mass is 289 g/mol. The Balaban J connectivity index is 2.02. The topological polar surface area (TPSA) is 68.9 Å². The molecule has 6 nitrogen and oxygen atoms in total. The molecule has 0 saturated carbocycles. The van der Waals surface area contributed by atoms with Gasteiger partial charge in [-0.15, -0.1) is 0 Å². The standard InChI is InChI=1S/C15H19N3O3/c1-11(17-19)13-4-5-14(15(8-13)20-3)21-7-6-12-9-16-18(2)10-12/h4-5,8-10,19H,6-7H2,1-3H3/b17-11+. The Morgan fingerprint density at radius 3 is 2.81 bits per heavy atom. The van der Waals surface area contributed by atoms with Gasteiger partial charge in [-0.25, -0.2) is 0 Å². The number of rotatable bonds is 6. The van der Waals surface area contributed by atoms with Crippen LogP contribution in [0, 0.1) is 0 Å². The zero-order valence-electron chi connectivity index (χ0n) is 12.4. The van der Waals surface area contributed by atoms with Crippen LogP contribution in [0.2, 0.25) is 0 Å². The smallest absolute Gasteiger partial charge is 0.161 e. The SMILES string of the molecule is COc1cc(/C(C)=N/O)ccc1OCCc1cnn(C)c1. The highest BCUT2D eigenvalue weighted by atomic mass is 16.5. The van der Waals surface area contributed by atoms with Crippen molar-refractivity contribution in [1.82, 2.24) is 9.78 Å². The molecule has 2 aromatic rings. The summed E-state index contributed by atoms with van der Waals surface area (Å²) in [5.41, 5.74) is 2.43. The Morgan fingerprint density at radius 1 is 1.38 bits per heavy atom. The molecule has 0 unspecified atom stereocenters. The Hall–Kier alpha value is -2.50. The number of aryl methyl sites for hydroxylation is 1. The van der Waals surface area contributed by atoms with Gasteiger partial charge in [0, 0.05) is 25.2 Å². The van der Waals surface area contributed by atoms with Crippen LogP contribution in [0.25, 0.3) is 0 Å². The van der Waals surface area contributed by atoms with Gasteiger partial charge in [0.1, 0.15) is 0 Å². The van der Waals surface area contributed by atoms with Crippen molar-refractivity contribution in [2.75, 3.05) is 13.7 Å². The minimum absolute atomic E-state index is 0.523. The number of benzene rings is 1. The van der Waals surface area contributed by atoms with Gasteiger partial charge in [-0.2, -0.15) is 5.10 Å². The van der Waals surface area contributed by atoms with Crippen LogP contribution in [-0.4, -0.2) is 34.4 Å². The third-order valence-corrected chi connectivity index (χ3v) is 3.14. The highest BCUT2D eigenvalue weighted by Crippen LogP contribution is 2.28. The lowest BCUT2D eigenvalue weighted by Gasteiger charge is -2.11. The first-order chi connectivity index (χ1) is 10.1. The number of hydrogen-bond donors (Lipinski definition) is 1. The van der Waals surface area contributed by atoms with Crippen molar-refractivity contribution in [2.45, 2.75) is 13.3 Å². The number of ether oxygens (including phenoxy) is 2. The highest BCUT2D eigenvalue weighted by Gasteiger charge is 2.08. The van der Waals surface area contributed by atoms with E-state index in [1.54, 1.807) is 24.8 Å². The fourth-order valence-corrected chi connectivity index (χ4v) is 1.95. The average Bonchev–Trinajstić information content (AvgIpc) is 2.92. The van der Waals surface area contributed by atoms with Crippen LogP contribution in [0.5, 0.6) is 11.5 Å². The third-order valence-electron chi connectivity index (χ3n) is 3.14. The molecule has 1 aromatic heterocycles. The van der Waals surface area contributed by atoms with Crippen molar-refractivity contribution >= 4 is 5.71 Å². The maximum Gasteiger partial charge on any atom is 0.161 e. The first-order valence-electron chi connectivity index (χ1n) is 6.61. The van der Waals surface area contributed by atoms with E-state index in [-0.39, 0.29) is 0 Å². The summed E-state index contributed by atoms with van der Waals surface area (Å²) in [6.45, 7) is 2.26. The zero-order valence-corrected chi connectivity index (χ0v) is 12.4. The number of nitrogens with zero attached hydrogens (tertiary/aromatic N) is 3. The fourth-order valence-electron chi connectivity index (χ4n) is 1.95. The van der Waals surface area contributed by atoms with Gasteiger partial charge < -0.3 is 14.7 Å². The van der Waals surface area contributed by atoms with Crippen molar-refractivity contribution in [2.24, 2.45) is 12.2 Å². The molecule has 0 aliphatic rings. The quantitative estimate of drug-likeness (QED) is 0.503. The van der Waals surface area contributed by atoms with Crippen molar-refractivity contribution < 1.29 is 14.7 Å². The van der Waals surface area contributed by atoms with Crippen LogP contribution < -0.4 is 9.47 Å². The van der Waals surface area contributed by atoms with Gasteiger partial charge in [-0.1, -0.05) is 5.16 Å². The van der Waals surface area contributed by atoms with Crippen molar-refractivity contribution in [3.05, 3.63) is 41.7 Å². The Labute approximate surface area is 123 Å². The lowest BCUT2D eigenvalue weighted by Crippen LogP contribution is -2.03. The second-order valence-electron chi connectivity index (χ2n) is 4.67. The molecule has 0 aliphatic heterocycles. The predicted molar refractivity (Wildman–Crippen MR) is 79.4 cm³/mol. The summed E-state index contributed by atoms with van der Waals surface area (Å²) in [4.78, 5) is 0. The normalized spacial score (nSPS) is 11.5. The molecule has 0 spiro atoms. The minimum atomic E-state index is 0.523. The summed E-state index contributed by atoms with van der Waals surface area (Å²) >= 11 is 0. The van der Waals surface area contributed by atoms with Crippen LogP contribution in [-0.2, 0) is 13.5 Å². The highest BCUT2D eigenvalue weighted by molar-refractivity contribution is 5.98. The molecule has 1 N–H and O–H groups in total. The van der Waals surface area contributed by atoms with Crippen LogP contribution in [0.4, 0.5) is 0 Å². The molecule has 21 heavy (non-hydrogen) atoms. The molecule has 1 heterocycles. The van der Waals surface area contributed by atoms with E-state index >= 15 is 0 Å². The molecule has 0 atom stereocenters. The molecule has 1 aromatic carbocycles. The van der Waals surface area contributed by atoms with Gasteiger partial charge in [0.2, 0.25) is 0 Å². The van der Waals surface area contributed by atoms with Crippen LogP contribution in [0.15, 0.2) is 35.7 Å². The van der Waals surface area contributed by atoms with E-state index in [0.29, 0.717) is 23.8 Å². The molecule has 0 fully saturated rings. The number of hydrogen-bond acceptors (Lipinski definition) is 5. The van der Waals surface area contributed by atoms with Gasteiger partial charge in [-0.3, -0.25) is 4.68 Å². The van der Waals surface area contributed by atoms with Crippen molar-refractivity contribution in [1.29, 1.82) is 0 Å². The Kier molecular flexibility index (Phi) is 4.81. The molecule has 0 saturated heterocycles. The van der Waals surface area contributed by atoms with Gasteiger partial charge >= 0.3 is 0 Å². The average molecular weight is 289 g/mol. The number of aromatic nitrogens is 2. The second kappa shape index (κ2) is 6.78. The van der Waals surface area contributed by atoms with Gasteiger partial charge in [0.15, 0.2) is 11.5 Å². The van der Waals surface area contributed by atoms with Gasteiger partial charge in [0.05, 0.1) is 25.6 Å². The molecular weight excluding hydrogens is 270 g/mol. The summed E-state index contributed by atoms with van der Waals surface area (Å²) in [6, 6.07) is 5.43. The van der Waals surface area contributed by atoms with Crippen LogP contribution in [0.3, 0.4) is 0 Å². The second-order valence-corrected chi connectivity index (χ2v) is 4.67. The minimum Gasteiger partial charge on any atom is -0.493 e. The number of methoxy groups -OCH3 is 1. The van der Waals surface area contributed by atoms with Crippen LogP contribution >= 0.6 is 0 Å². The summed E-state index contributed by atoms with van der Waals surface area (Å²) in [5, 5.41) is 16.1. The summed E-state index contributed by atoms with van der Waals surface area (Å²) < 4.78 is 12.8. The van der Waals surface area contributed by atoms with E-state index in [1.807, 2.05) is 31.6 Å². The molecule has 2 rings (SSSR count). The lowest BCUT2D eigenvalue weighted by molar-refractivity contribution is 0.297. The van der Waals surface area contributed by atoms with E-state index < -0.39 is 0 Å². The van der Waals surface area contributed by atoms with E-state index in [1.165, 1.54) is 0 Å². The largest absolute Gasteiger partial charge is 0.493 e. The van der Waals surface area contributed by atoms with Gasteiger partial charge in [-0.05, 0) is 30.7 Å². The molecule has 112 valence electrons. The van der Waals surface area contributed by atoms with E-state index in [0.717, 1.165) is 17.5 Å². The summed E-state index contributed by atoms with van der Waals surface area (Å²) in [7, 11) is 3.47. The zero-order chi connectivity index (χ0) is 15.2. The first-order valence-corrected chi connectivity index (χ1v) is 6.61. The van der Waals surface area contributed by atoms with E-state index in [4.69, 9.17) is 14.7 Å². The summed E-state index contributed by atoms with van der Waals surface area (Å²) in [6.07, 6.45) is 4.56. The maximum atomic E-state index is 8.80. The molecule has 0 aliphatic carbocycles. The maximum absolute atomic E-state index is 8.80. The Bertz CT molecular complexity index is 635. The molecule has 6 heteroatoms. The summed E-state index contributed by atoms with van der Waals surface area (Å²) in [5.74, 6) is 1.28. The first kappa shape index (κ1) is 14.9. The molecule has 0 bridgehead atoms. The van der Waals surface area contributed by atoms with Gasteiger partial charge in [0.25, 0.3) is 0 Å². The Morgan fingerprint density at radius 2 is 2.19 bits per heavy atom. The molecule has 0 radical (unpaired) electrons. The molecular formula is C15H19N3O3.